The second-order valence-electron chi connectivity index (χ2n) is 9.93. The lowest BCUT2D eigenvalue weighted by molar-refractivity contribution is -0.0167. The molecule has 4 fully saturated rings. The summed E-state index contributed by atoms with van der Waals surface area (Å²) >= 11 is 0. The van der Waals surface area contributed by atoms with E-state index in [4.69, 9.17) is 4.74 Å². The van der Waals surface area contributed by atoms with Gasteiger partial charge in [-0.1, -0.05) is 18.2 Å². The number of anilines is 1. The van der Waals surface area contributed by atoms with E-state index in [0.29, 0.717) is 17.0 Å². The van der Waals surface area contributed by atoms with Gasteiger partial charge in [-0.3, -0.25) is 9.52 Å². The molecule has 0 saturated heterocycles. The number of para-hydroxylation sites is 2. The average molecular weight is 455 g/mol. The normalized spacial score (nSPS) is 28.4. The number of benzene rings is 2. The lowest BCUT2D eigenvalue weighted by Crippen LogP contribution is -2.59. The molecule has 0 atom stereocenters. The number of carbonyl (C=O) groups excluding carboxylic acids is 1. The molecular formula is C25H30N2O4S. The molecule has 170 valence electrons. The number of hydrogen-bond acceptors (Lipinski definition) is 4. The van der Waals surface area contributed by atoms with Crippen LogP contribution in [0, 0.1) is 24.7 Å². The van der Waals surface area contributed by atoms with Crippen LogP contribution in [0.15, 0.2) is 47.4 Å². The second-order valence-corrected chi connectivity index (χ2v) is 11.6. The van der Waals surface area contributed by atoms with Gasteiger partial charge in [0.1, 0.15) is 5.75 Å². The van der Waals surface area contributed by atoms with Crippen molar-refractivity contribution in [1.82, 2.24) is 5.32 Å². The smallest absolute Gasteiger partial charge is 0.262 e. The maximum absolute atomic E-state index is 13.3. The van der Waals surface area contributed by atoms with E-state index in [1.165, 1.54) is 38.5 Å². The van der Waals surface area contributed by atoms with Crippen molar-refractivity contribution in [2.24, 2.45) is 17.8 Å². The van der Waals surface area contributed by atoms with Gasteiger partial charge in [0.15, 0.2) is 0 Å². The number of nitrogens with one attached hydrogen (secondary N) is 2. The molecule has 4 aliphatic carbocycles. The molecule has 0 spiro atoms. The van der Waals surface area contributed by atoms with Crippen LogP contribution in [0.5, 0.6) is 5.75 Å². The van der Waals surface area contributed by atoms with Crippen LogP contribution in [0.25, 0.3) is 0 Å². The third-order valence-electron chi connectivity index (χ3n) is 7.53. The van der Waals surface area contributed by atoms with Crippen LogP contribution < -0.4 is 14.8 Å². The van der Waals surface area contributed by atoms with Crippen LogP contribution in [-0.4, -0.2) is 27.0 Å². The number of amides is 1. The predicted molar refractivity (Wildman–Crippen MR) is 123 cm³/mol. The minimum atomic E-state index is -3.88. The summed E-state index contributed by atoms with van der Waals surface area (Å²) in [5.74, 6) is 2.43. The van der Waals surface area contributed by atoms with Crippen LogP contribution in [0.3, 0.4) is 0 Å². The fourth-order valence-corrected chi connectivity index (χ4v) is 7.61. The van der Waals surface area contributed by atoms with Crippen molar-refractivity contribution in [3.8, 4) is 5.75 Å². The molecule has 2 aromatic carbocycles. The number of rotatable bonds is 6. The summed E-state index contributed by atoms with van der Waals surface area (Å²) in [5.41, 5.74) is 1.42. The maximum atomic E-state index is 13.3. The first-order chi connectivity index (χ1) is 15.3. The Hall–Kier alpha value is -2.54. The minimum Gasteiger partial charge on any atom is -0.495 e. The number of carbonyl (C=O) groups is 1. The summed E-state index contributed by atoms with van der Waals surface area (Å²) in [4.78, 5) is 13.4. The molecule has 4 aliphatic rings. The van der Waals surface area contributed by atoms with E-state index >= 15 is 0 Å². The van der Waals surface area contributed by atoms with Crippen LogP contribution in [0.4, 0.5) is 5.69 Å². The summed E-state index contributed by atoms with van der Waals surface area (Å²) in [5, 5.41) is 3.35. The van der Waals surface area contributed by atoms with Gasteiger partial charge in [-0.05, 0) is 93.0 Å². The zero-order valence-electron chi connectivity index (χ0n) is 18.6. The van der Waals surface area contributed by atoms with Crippen molar-refractivity contribution in [1.29, 1.82) is 0 Å². The largest absolute Gasteiger partial charge is 0.495 e. The number of sulfonamides is 1. The average Bonchev–Trinajstić information content (AvgIpc) is 2.72. The molecule has 0 aromatic heterocycles. The van der Waals surface area contributed by atoms with Gasteiger partial charge in [0.05, 0.1) is 17.7 Å². The number of methoxy groups -OCH3 is 1. The van der Waals surface area contributed by atoms with Crippen molar-refractivity contribution in [3.05, 3.63) is 53.6 Å². The predicted octanol–water partition coefficient (Wildman–Crippen LogP) is 4.50. The van der Waals surface area contributed by atoms with Gasteiger partial charge < -0.3 is 10.1 Å². The van der Waals surface area contributed by atoms with E-state index in [1.54, 1.807) is 30.3 Å². The van der Waals surface area contributed by atoms with Crippen LogP contribution in [-0.2, 0) is 10.0 Å². The Balaban J connectivity index is 1.39. The third-order valence-corrected chi connectivity index (χ3v) is 8.90. The first kappa shape index (κ1) is 21.3. The van der Waals surface area contributed by atoms with Crippen LogP contribution in [0.2, 0.25) is 0 Å². The molecule has 32 heavy (non-hydrogen) atoms. The Labute approximate surface area is 189 Å². The molecule has 0 unspecified atom stereocenters. The van der Waals surface area contributed by atoms with Crippen molar-refractivity contribution in [3.63, 3.8) is 0 Å². The van der Waals surface area contributed by atoms with E-state index in [0.717, 1.165) is 42.6 Å². The molecule has 7 heteroatoms. The number of hydrogen-bond donors (Lipinski definition) is 2. The molecular weight excluding hydrogens is 424 g/mol. The third kappa shape index (κ3) is 3.87. The first-order valence-electron chi connectivity index (χ1n) is 11.4. The SMILES string of the molecule is COc1ccccc1NS(=O)(=O)c1ccc(C)c(C(=O)NC23CC4CC(CC(C4)C2)C3)c1. The quantitative estimate of drug-likeness (QED) is 0.673. The highest BCUT2D eigenvalue weighted by Crippen LogP contribution is 2.55. The number of ether oxygens (including phenoxy) is 1. The van der Waals surface area contributed by atoms with Crippen LogP contribution >= 0.6 is 0 Å². The van der Waals surface area contributed by atoms with Gasteiger partial charge in [0.2, 0.25) is 0 Å². The molecule has 2 aromatic rings. The van der Waals surface area contributed by atoms with Crippen molar-refractivity contribution >= 4 is 21.6 Å². The number of aryl methyl sites for hydroxylation is 1. The van der Waals surface area contributed by atoms with Gasteiger partial charge in [0.25, 0.3) is 15.9 Å². The Morgan fingerprint density at radius 2 is 1.62 bits per heavy atom. The summed E-state index contributed by atoms with van der Waals surface area (Å²) in [6, 6.07) is 11.6. The van der Waals surface area contributed by atoms with E-state index in [-0.39, 0.29) is 16.3 Å². The molecule has 4 saturated carbocycles. The lowest BCUT2D eigenvalue weighted by atomic mass is 9.53. The fourth-order valence-electron chi connectivity index (χ4n) is 6.52. The minimum absolute atomic E-state index is 0.0599. The van der Waals surface area contributed by atoms with Gasteiger partial charge in [-0.25, -0.2) is 8.42 Å². The molecule has 4 bridgehead atoms. The Kier molecular flexibility index (Phi) is 5.19. The van der Waals surface area contributed by atoms with Gasteiger partial charge in [-0.2, -0.15) is 0 Å². The van der Waals surface area contributed by atoms with Gasteiger partial charge in [-0.15, -0.1) is 0 Å². The molecule has 2 N–H and O–H groups in total. The van der Waals surface area contributed by atoms with E-state index < -0.39 is 10.0 Å². The zero-order valence-corrected chi connectivity index (χ0v) is 19.4. The topological polar surface area (TPSA) is 84.5 Å². The Bertz CT molecular complexity index is 1120. The maximum Gasteiger partial charge on any atom is 0.262 e. The zero-order chi connectivity index (χ0) is 22.5. The fraction of sp³-hybridized carbons (Fsp3) is 0.480. The van der Waals surface area contributed by atoms with Gasteiger partial charge >= 0.3 is 0 Å². The molecule has 0 aliphatic heterocycles. The second kappa shape index (κ2) is 7.80. The molecule has 0 radical (unpaired) electrons. The first-order valence-corrected chi connectivity index (χ1v) is 12.8. The van der Waals surface area contributed by atoms with E-state index in [2.05, 4.69) is 10.0 Å². The Morgan fingerprint density at radius 3 is 2.25 bits per heavy atom. The summed E-state index contributed by atoms with van der Waals surface area (Å²) in [7, 11) is -2.39. The van der Waals surface area contributed by atoms with Crippen molar-refractivity contribution in [2.75, 3.05) is 11.8 Å². The highest BCUT2D eigenvalue weighted by molar-refractivity contribution is 7.92. The molecule has 0 heterocycles. The summed E-state index contributed by atoms with van der Waals surface area (Å²) < 4.78 is 34.0. The monoisotopic (exact) mass is 454 g/mol. The lowest BCUT2D eigenvalue weighted by Gasteiger charge is -2.56. The highest BCUT2D eigenvalue weighted by atomic mass is 32.2. The molecule has 6 rings (SSSR count). The van der Waals surface area contributed by atoms with E-state index in [1.807, 2.05) is 6.92 Å². The summed E-state index contributed by atoms with van der Waals surface area (Å²) in [6.07, 6.45) is 7.06. The van der Waals surface area contributed by atoms with Gasteiger partial charge in [0, 0.05) is 11.1 Å². The van der Waals surface area contributed by atoms with Crippen LogP contribution in [0.1, 0.15) is 54.4 Å². The van der Waals surface area contributed by atoms with Crippen molar-refractivity contribution < 1.29 is 17.9 Å². The molecule has 6 nitrogen and oxygen atoms in total. The van der Waals surface area contributed by atoms with Crippen molar-refractivity contribution in [2.45, 2.75) is 55.9 Å². The highest BCUT2D eigenvalue weighted by Gasteiger charge is 2.51. The van der Waals surface area contributed by atoms with E-state index in [9.17, 15) is 13.2 Å². The molecule has 1 amide bonds. The summed E-state index contributed by atoms with van der Waals surface area (Å²) in [6.45, 7) is 1.85. The standard InChI is InChI=1S/C25H30N2O4S/c1-16-7-8-20(32(29,30)27-22-5-3-4-6-23(22)31-2)12-21(16)24(28)26-25-13-17-9-18(14-25)11-19(10-17)15-25/h3-8,12,17-19,27H,9-11,13-15H2,1-2H3,(H,26,28). The Morgan fingerprint density at radius 1 is 1.00 bits per heavy atom.